The summed E-state index contributed by atoms with van der Waals surface area (Å²) in [6, 6.07) is 2.92. The number of pyridine rings is 1. The molecule has 2 heterocycles. The van der Waals surface area contributed by atoms with Crippen LogP contribution in [0.5, 0.6) is 0 Å². The lowest BCUT2D eigenvalue weighted by Gasteiger charge is -2.13. The highest BCUT2D eigenvalue weighted by molar-refractivity contribution is 5.26. The van der Waals surface area contributed by atoms with Crippen molar-refractivity contribution in [3.8, 4) is 0 Å². The van der Waals surface area contributed by atoms with Crippen LogP contribution in [-0.4, -0.2) is 14.8 Å². The van der Waals surface area contributed by atoms with Gasteiger partial charge in [0.25, 0.3) is 0 Å². The molecule has 4 nitrogen and oxygen atoms in total. The summed E-state index contributed by atoms with van der Waals surface area (Å²) in [5, 5.41) is 4.32. The van der Waals surface area contributed by atoms with Gasteiger partial charge in [0.2, 0.25) is 0 Å². The molecule has 0 radical (unpaired) electrons. The maximum atomic E-state index is 13.1. The normalized spacial score (nSPS) is 12.7. The first-order valence-corrected chi connectivity index (χ1v) is 5.52. The van der Waals surface area contributed by atoms with Gasteiger partial charge < -0.3 is 5.73 Å². The van der Waals surface area contributed by atoms with Gasteiger partial charge >= 0.3 is 0 Å². The standard InChI is InChI=1S/C12H15FN4/c1-3-17-11(4-8(2)16-17)12(14)9-5-10(13)7-15-6-9/h4-7,12H,3,14H2,1-2H3. The fraction of sp³-hybridized carbons (Fsp3) is 0.333. The van der Waals surface area contributed by atoms with Crippen LogP contribution < -0.4 is 5.73 Å². The molecule has 0 fully saturated rings. The second-order valence-electron chi connectivity index (χ2n) is 3.94. The van der Waals surface area contributed by atoms with Crippen LogP contribution in [0.25, 0.3) is 0 Å². The summed E-state index contributed by atoms with van der Waals surface area (Å²) in [6.07, 6.45) is 2.74. The molecule has 2 aromatic heterocycles. The van der Waals surface area contributed by atoms with E-state index in [-0.39, 0.29) is 5.82 Å². The maximum absolute atomic E-state index is 13.1. The Kier molecular flexibility index (Phi) is 3.19. The van der Waals surface area contributed by atoms with E-state index in [1.165, 1.54) is 12.3 Å². The van der Waals surface area contributed by atoms with Gasteiger partial charge in [-0.05, 0) is 31.5 Å². The van der Waals surface area contributed by atoms with Crippen molar-refractivity contribution in [1.82, 2.24) is 14.8 Å². The Balaban J connectivity index is 2.39. The highest BCUT2D eigenvalue weighted by Crippen LogP contribution is 2.20. The van der Waals surface area contributed by atoms with Crippen LogP contribution in [-0.2, 0) is 6.54 Å². The van der Waals surface area contributed by atoms with Gasteiger partial charge in [0.05, 0.1) is 23.6 Å². The Morgan fingerprint density at radius 3 is 2.82 bits per heavy atom. The Bertz CT molecular complexity index is 521. The van der Waals surface area contributed by atoms with Gasteiger partial charge in [0, 0.05) is 12.7 Å². The second-order valence-corrected chi connectivity index (χ2v) is 3.94. The first-order valence-electron chi connectivity index (χ1n) is 5.52. The van der Waals surface area contributed by atoms with Gasteiger partial charge in [-0.25, -0.2) is 4.39 Å². The molecule has 0 aliphatic carbocycles. The van der Waals surface area contributed by atoms with Gasteiger partial charge in [-0.3, -0.25) is 9.67 Å². The van der Waals surface area contributed by atoms with E-state index in [1.807, 2.05) is 24.6 Å². The van der Waals surface area contributed by atoms with Crippen molar-refractivity contribution >= 4 is 0 Å². The number of aryl methyl sites for hydroxylation is 2. The molecule has 0 aromatic carbocycles. The van der Waals surface area contributed by atoms with Crippen LogP contribution in [0.15, 0.2) is 24.5 Å². The summed E-state index contributed by atoms with van der Waals surface area (Å²) in [5.74, 6) is -0.378. The lowest BCUT2D eigenvalue weighted by Crippen LogP contribution is -2.17. The van der Waals surface area contributed by atoms with Gasteiger partial charge in [0.15, 0.2) is 0 Å². The summed E-state index contributed by atoms with van der Waals surface area (Å²) in [7, 11) is 0. The van der Waals surface area contributed by atoms with E-state index < -0.39 is 6.04 Å². The molecule has 0 amide bonds. The van der Waals surface area contributed by atoms with Crippen molar-refractivity contribution in [1.29, 1.82) is 0 Å². The van der Waals surface area contributed by atoms with Crippen LogP contribution in [0.3, 0.4) is 0 Å². The third-order valence-electron chi connectivity index (χ3n) is 2.64. The third kappa shape index (κ3) is 2.34. The molecule has 0 saturated carbocycles. The van der Waals surface area contributed by atoms with E-state index in [9.17, 15) is 4.39 Å². The van der Waals surface area contributed by atoms with Crippen molar-refractivity contribution in [3.63, 3.8) is 0 Å². The van der Waals surface area contributed by atoms with Gasteiger partial charge in [-0.1, -0.05) is 0 Å². The van der Waals surface area contributed by atoms with E-state index in [0.717, 1.165) is 17.9 Å². The van der Waals surface area contributed by atoms with Gasteiger partial charge in [0.1, 0.15) is 5.82 Å². The molecule has 90 valence electrons. The van der Waals surface area contributed by atoms with E-state index >= 15 is 0 Å². The Labute approximate surface area is 99.3 Å². The predicted molar refractivity (Wildman–Crippen MR) is 62.9 cm³/mol. The van der Waals surface area contributed by atoms with E-state index in [0.29, 0.717) is 5.56 Å². The molecule has 0 saturated heterocycles. The Morgan fingerprint density at radius 1 is 1.41 bits per heavy atom. The van der Waals surface area contributed by atoms with Crippen molar-refractivity contribution in [2.24, 2.45) is 5.73 Å². The molecule has 5 heteroatoms. The zero-order valence-corrected chi connectivity index (χ0v) is 9.89. The summed E-state index contributed by atoms with van der Waals surface area (Å²) in [6.45, 7) is 4.64. The van der Waals surface area contributed by atoms with Crippen LogP contribution in [0.1, 0.15) is 29.9 Å². The molecule has 2 aromatic rings. The minimum atomic E-state index is -0.403. The van der Waals surface area contributed by atoms with Crippen LogP contribution in [0.2, 0.25) is 0 Å². The third-order valence-corrected chi connectivity index (χ3v) is 2.64. The quantitative estimate of drug-likeness (QED) is 0.880. The summed E-state index contributed by atoms with van der Waals surface area (Å²) in [4.78, 5) is 3.81. The molecular weight excluding hydrogens is 219 g/mol. The second kappa shape index (κ2) is 4.63. The number of hydrogen-bond donors (Lipinski definition) is 1. The number of aromatic nitrogens is 3. The zero-order chi connectivity index (χ0) is 12.4. The minimum absolute atomic E-state index is 0.378. The smallest absolute Gasteiger partial charge is 0.141 e. The number of halogens is 1. The summed E-state index contributed by atoms with van der Waals surface area (Å²) < 4.78 is 14.9. The summed E-state index contributed by atoms with van der Waals surface area (Å²) >= 11 is 0. The van der Waals surface area contributed by atoms with E-state index in [4.69, 9.17) is 5.73 Å². The first-order chi connectivity index (χ1) is 8.11. The predicted octanol–water partition coefficient (Wildman–Crippen LogP) is 1.79. The average molecular weight is 234 g/mol. The lowest BCUT2D eigenvalue weighted by atomic mass is 10.1. The molecule has 0 bridgehead atoms. The average Bonchev–Trinajstić information content (AvgIpc) is 2.69. The Hall–Kier alpha value is -1.75. The van der Waals surface area contributed by atoms with E-state index in [2.05, 4.69) is 10.1 Å². The van der Waals surface area contributed by atoms with E-state index in [1.54, 1.807) is 6.20 Å². The number of nitrogens with two attached hydrogens (primary N) is 1. The lowest BCUT2D eigenvalue weighted by molar-refractivity contribution is 0.589. The highest BCUT2D eigenvalue weighted by atomic mass is 19.1. The minimum Gasteiger partial charge on any atom is -0.319 e. The Morgan fingerprint density at radius 2 is 2.18 bits per heavy atom. The van der Waals surface area contributed by atoms with Gasteiger partial charge in [-0.2, -0.15) is 5.10 Å². The van der Waals surface area contributed by atoms with Crippen molar-refractivity contribution < 1.29 is 4.39 Å². The van der Waals surface area contributed by atoms with Crippen LogP contribution >= 0.6 is 0 Å². The summed E-state index contributed by atoms with van der Waals surface area (Å²) in [5.41, 5.74) is 8.54. The molecule has 17 heavy (non-hydrogen) atoms. The van der Waals surface area contributed by atoms with Crippen LogP contribution in [0, 0.1) is 12.7 Å². The SMILES string of the molecule is CCn1nc(C)cc1C(N)c1cncc(F)c1. The number of nitrogens with zero attached hydrogens (tertiary/aromatic N) is 3. The number of rotatable bonds is 3. The molecule has 0 aliphatic rings. The molecule has 2 N–H and O–H groups in total. The van der Waals surface area contributed by atoms with Crippen LogP contribution in [0.4, 0.5) is 4.39 Å². The topological polar surface area (TPSA) is 56.7 Å². The highest BCUT2D eigenvalue weighted by Gasteiger charge is 2.15. The molecule has 1 atom stereocenters. The monoisotopic (exact) mass is 234 g/mol. The molecule has 0 aliphatic heterocycles. The van der Waals surface area contributed by atoms with Crippen molar-refractivity contribution in [2.45, 2.75) is 26.4 Å². The number of hydrogen-bond acceptors (Lipinski definition) is 3. The molecule has 2 rings (SSSR count). The fourth-order valence-corrected chi connectivity index (χ4v) is 1.84. The molecule has 0 spiro atoms. The zero-order valence-electron chi connectivity index (χ0n) is 9.89. The van der Waals surface area contributed by atoms with Gasteiger partial charge in [-0.15, -0.1) is 0 Å². The maximum Gasteiger partial charge on any atom is 0.141 e. The fourth-order valence-electron chi connectivity index (χ4n) is 1.84. The largest absolute Gasteiger partial charge is 0.319 e. The van der Waals surface area contributed by atoms with Crippen molar-refractivity contribution in [3.05, 3.63) is 47.3 Å². The molecule has 1 unspecified atom stereocenters. The van der Waals surface area contributed by atoms with Crippen molar-refractivity contribution in [2.75, 3.05) is 0 Å². The molecular formula is C12H15FN4. The first kappa shape index (κ1) is 11.7.